The van der Waals surface area contributed by atoms with Crippen molar-refractivity contribution in [2.45, 2.75) is 44.7 Å². The van der Waals surface area contributed by atoms with Crippen LogP contribution in [-0.2, 0) is 6.54 Å². The molecule has 0 radical (unpaired) electrons. The Labute approximate surface area is 180 Å². The molecule has 0 aliphatic heterocycles. The molecule has 0 saturated heterocycles. The molecule has 4 rings (SSSR count). The molecule has 0 spiro atoms. The van der Waals surface area contributed by atoms with E-state index in [0.29, 0.717) is 34.8 Å². The summed E-state index contributed by atoms with van der Waals surface area (Å²) >= 11 is 6.43. The topological polar surface area (TPSA) is 75.9 Å². The van der Waals surface area contributed by atoms with E-state index in [4.69, 9.17) is 17.3 Å². The van der Waals surface area contributed by atoms with E-state index in [-0.39, 0.29) is 5.82 Å². The first-order valence-electron chi connectivity index (χ1n) is 10.3. The third-order valence-corrected chi connectivity index (χ3v) is 5.67. The Balaban J connectivity index is 1.54. The molecule has 4 N–H and O–H groups in total. The summed E-state index contributed by atoms with van der Waals surface area (Å²) in [5, 5.41) is 7.24. The monoisotopic (exact) mass is 425 g/mol. The Morgan fingerprint density at radius 2 is 1.93 bits per heavy atom. The van der Waals surface area contributed by atoms with E-state index in [9.17, 15) is 4.39 Å². The Hall–Kier alpha value is -2.86. The van der Waals surface area contributed by atoms with E-state index in [0.717, 1.165) is 29.8 Å². The summed E-state index contributed by atoms with van der Waals surface area (Å²) in [6.07, 6.45) is 7.77. The summed E-state index contributed by atoms with van der Waals surface area (Å²) in [7, 11) is 0. The first kappa shape index (κ1) is 20.4. The van der Waals surface area contributed by atoms with Gasteiger partial charge in [-0.2, -0.15) is 0 Å². The van der Waals surface area contributed by atoms with E-state index in [1.165, 1.54) is 31.4 Å². The first-order valence-corrected chi connectivity index (χ1v) is 10.6. The third-order valence-electron chi connectivity index (χ3n) is 5.36. The Bertz CT molecular complexity index is 1020. The van der Waals surface area contributed by atoms with Gasteiger partial charge < -0.3 is 16.4 Å². The summed E-state index contributed by atoms with van der Waals surface area (Å²) in [5.74, 6) is 1.06. The minimum Gasteiger partial charge on any atom is -0.396 e. The Morgan fingerprint density at radius 3 is 2.73 bits per heavy atom. The predicted octanol–water partition coefficient (Wildman–Crippen LogP) is 5.88. The van der Waals surface area contributed by atoms with Crippen LogP contribution >= 0.6 is 11.6 Å². The van der Waals surface area contributed by atoms with E-state index in [2.05, 4.69) is 20.6 Å². The maximum absolute atomic E-state index is 13.4. The molecular weight excluding hydrogens is 401 g/mol. The van der Waals surface area contributed by atoms with Crippen molar-refractivity contribution >= 4 is 28.9 Å². The van der Waals surface area contributed by atoms with Gasteiger partial charge in [-0.15, -0.1) is 0 Å². The van der Waals surface area contributed by atoms with Gasteiger partial charge in [-0.1, -0.05) is 43.0 Å². The number of rotatable bonds is 6. The second-order valence-corrected chi connectivity index (χ2v) is 8.05. The van der Waals surface area contributed by atoms with Crippen LogP contribution in [0.1, 0.15) is 37.7 Å². The lowest BCUT2D eigenvalue weighted by Gasteiger charge is -2.23. The van der Waals surface area contributed by atoms with Crippen molar-refractivity contribution in [1.82, 2.24) is 9.97 Å². The van der Waals surface area contributed by atoms with Gasteiger partial charge in [-0.3, -0.25) is 0 Å². The number of hydrogen-bond acceptors (Lipinski definition) is 5. The summed E-state index contributed by atoms with van der Waals surface area (Å²) < 4.78 is 13.4. The Morgan fingerprint density at radius 1 is 1.10 bits per heavy atom. The molecule has 1 saturated carbocycles. The van der Waals surface area contributed by atoms with Gasteiger partial charge in [-0.05, 0) is 48.7 Å². The number of benzene rings is 1. The van der Waals surface area contributed by atoms with Crippen LogP contribution in [-0.4, -0.2) is 16.0 Å². The van der Waals surface area contributed by atoms with Gasteiger partial charge in [0.2, 0.25) is 0 Å². The smallest absolute Gasteiger partial charge is 0.150 e. The second-order valence-electron chi connectivity index (χ2n) is 7.65. The number of nitrogens with two attached hydrogens (primary N) is 1. The molecule has 30 heavy (non-hydrogen) atoms. The number of nitrogens with zero attached hydrogens (tertiary/aromatic N) is 2. The average Bonchev–Trinajstić information content (AvgIpc) is 2.75. The van der Waals surface area contributed by atoms with Crippen molar-refractivity contribution in [1.29, 1.82) is 0 Å². The minimum atomic E-state index is -0.273. The first-order chi connectivity index (χ1) is 14.6. The summed E-state index contributed by atoms with van der Waals surface area (Å²) in [6.45, 7) is 0.414. The molecule has 156 valence electrons. The maximum Gasteiger partial charge on any atom is 0.150 e. The van der Waals surface area contributed by atoms with E-state index >= 15 is 0 Å². The zero-order chi connectivity index (χ0) is 20.9. The normalized spacial score (nSPS) is 14.5. The highest BCUT2D eigenvalue weighted by Gasteiger charge is 2.15. The van der Waals surface area contributed by atoms with Crippen LogP contribution in [0.5, 0.6) is 0 Å². The van der Waals surface area contributed by atoms with Crippen molar-refractivity contribution in [3.8, 4) is 11.3 Å². The van der Waals surface area contributed by atoms with Gasteiger partial charge in [0, 0.05) is 24.3 Å². The molecule has 1 aromatic carbocycles. The molecule has 5 nitrogen and oxygen atoms in total. The van der Waals surface area contributed by atoms with E-state index < -0.39 is 0 Å². The standard InChI is InChI=1S/C23H25ClFN5/c24-19-14-27-22(29-17-7-2-1-3-8-17)12-18(19)21-10-9-20(26)23(30-21)28-13-15-5-4-6-16(25)11-15/h4-6,9-12,14,17H,1-3,7-8,13,26H2,(H,27,29)(H,28,30). The van der Waals surface area contributed by atoms with Crippen LogP contribution in [0.3, 0.4) is 0 Å². The molecule has 0 atom stereocenters. The van der Waals surface area contributed by atoms with Crippen LogP contribution in [0.4, 0.5) is 21.7 Å². The number of aromatic nitrogens is 2. The quantitative estimate of drug-likeness (QED) is 0.460. The third kappa shape index (κ3) is 5.00. The molecule has 7 heteroatoms. The number of anilines is 3. The highest BCUT2D eigenvalue weighted by Crippen LogP contribution is 2.31. The van der Waals surface area contributed by atoms with Gasteiger partial charge in [0.15, 0.2) is 0 Å². The highest BCUT2D eigenvalue weighted by atomic mass is 35.5. The lowest BCUT2D eigenvalue weighted by molar-refractivity contribution is 0.462. The number of nitrogen functional groups attached to an aromatic ring is 1. The molecule has 2 heterocycles. The molecule has 0 unspecified atom stereocenters. The number of pyridine rings is 2. The molecule has 1 aliphatic rings. The fourth-order valence-corrected chi connectivity index (χ4v) is 3.96. The summed E-state index contributed by atoms with van der Waals surface area (Å²) in [5.41, 5.74) is 8.91. The van der Waals surface area contributed by atoms with Crippen LogP contribution in [0.2, 0.25) is 5.02 Å². The van der Waals surface area contributed by atoms with Crippen LogP contribution in [0, 0.1) is 5.82 Å². The molecule has 1 aliphatic carbocycles. The largest absolute Gasteiger partial charge is 0.396 e. The Kier molecular flexibility index (Phi) is 6.33. The van der Waals surface area contributed by atoms with Gasteiger partial charge in [-0.25, -0.2) is 14.4 Å². The van der Waals surface area contributed by atoms with Crippen LogP contribution in [0.15, 0.2) is 48.7 Å². The van der Waals surface area contributed by atoms with Gasteiger partial charge in [0.05, 0.1) is 16.4 Å². The van der Waals surface area contributed by atoms with Crippen molar-refractivity contribution in [3.63, 3.8) is 0 Å². The van der Waals surface area contributed by atoms with E-state index in [1.54, 1.807) is 18.3 Å². The second kappa shape index (κ2) is 9.30. The van der Waals surface area contributed by atoms with Crippen molar-refractivity contribution in [2.24, 2.45) is 0 Å². The van der Waals surface area contributed by atoms with Crippen molar-refractivity contribution in [3.05, 3.63) is 65.1 Å². The lowest BCUT2D eigenvalue weighted by atomic mass is 9.95. The van der Waals surface area contributed by atoms with Crippen LogP contribution < -0.4 is 16.4 Å². The van der Waals surface area contributed by atoms with Crippen LogP contribution in [0.25, 0.3) is 11.3 Å². The molecule has 2 aromatic heterocycles. The molecule has 1 fully saturated rings. The zero-order valence-corrected chi connectivity index (χ0v) is 17.4. The number of hydrogen-bond donors (Lipinski definition) is 3. The zero-order valence-electron chi connectivity index (χ0n) is 16.7. The average molecular weight is 426 g/mol. The number of nitrogens with one attached hydrogen (secondary N) is 2. The van der Waals surface area contributed by atoms with Gasteiger partial charge in [0.1, 0.15) is 17.5 Å². The van der Waals surface area contributed by atoms with E-state index in [1.807, 2.05) is 18.2 Å². The fraction of sp³-hybridized carbons (Fsp3) is 0.304. The minimum absolute atomic E-state index is 0.273. The van der Waals surface area contributed by atoms with Crippen molar-refractivity contribution in [2.75, 3.05) is 16.4 Å². The van der Waals surface area contributed by atoms with Gasteiger partial charge >= 0.3 is 0 Å². The van der Waals surface area contributed by atoms with Crippen molar-refractivity contribution < 1.29 is 4.39 Å². The molecule has 3 aromatic rings. The summed E-state index contributed by atoms with van der Waals surface area (Å²) in [4.78, 5) is 9.10. The SMILES string of the molecule is Nc1ccc(-c2cc(NC3CCCCC3)ncc2Cl)nc1NCc1cccc(F)c1. The van der Waals surface area contributed by atoms with Gasteiger partial charge in [0.25, 0.3) is 0 Å². The molecular formula is C23H25ClFN5. The highest BCUT2D eigenvalue weighted by molar-refractivity contribution is 6.33. The summed E-state index contributed by atoms with van der Waals surface area (Å²) in [6, 6.07) is 12.4. The predicted molar refractivity (Wildman–Crippen MR) is 121 cm³/mol. The molecule has 0 amide bonds. The lowest BCUT2D eigenvalue weighted by Crippen LogP contribution is -2.22. The maximum atomic E-state index is 13.4. The fourth-order valence-electron chi connectivity index (χ4n) is 3.76. The number of halogens is 2. The molecule has 0 bridgehead atoms.